The van der Waals surface area contributed by atoms with Crippen LogP contribution in [-0.2, 0) is 16.0 Å². The lowest BCUT2D eigenvalue weighted by molar-refractivity contribution is -0.129. The van der Waals surface area contributed by atoms with Gasteiger partial charge >= 0.3 is 0 Å². The molecule has 3 nitrogen and oxygen atoms in total. The third kappa shape index (κ3) is 7.72. The Labute approximate surface area is 219 Å². The highest BCUT2D eigenvalue weighted by Gasteiger charge is 2.33. The lowest BCUT2D eigenvalue weighted by Crippen LogP contribution is -2.29. The number of benzene rings is 2. The van der Waals surface area contributed by atoms with Gasteiger partial charge in [-0.3, -0.25) is 14.4 Å². The molecule has 3 rings (SSSR count). The molecule has 3 atom stereocenters. The summed E-state index contributed by atoms with van der Waals surface area (Å²) in [7, 11) is 0. The summed E-state index contributed by atoms with van der Waals surface area (Å²) in [5.74, 6) is 0.645. The van der Waals surface area contributed by atoms with Gasteiger partial charge in [-0.25, -0.2) is 0 Å². The SMILES string of the molecule is CCC.CCCC(CC1CC(=O)c2c(ccc(-c3ccc(C)cc3)c2C)C1)C(CC)C(=O)CC(C)=O. The van der Waals surface area contributed by atoms with Crippen LogP contribution in [0, 0.1) is 31.6 Å². The molecule has 36 heavy (non-hydrogen) atoms. The zero-order valence-corrected chi connectivity index (χ0v) is 23.6. The van der Waals surface area contributed by atoms with Crippen LogP contribution in [0.3, 0.4) is 0 Å². The molecule has 0 amide bonds. The minimum atomic E-state index is -0.0870. The lowest BCUT2D eigenvalue weighted by Gasteiger charge is -2.32. The van der Waals surface area contributed by atoms with Crippen LogP contribution in [-0.4, -0.2) is 17.3 Å². The summed E-state index contributed by atoms with van der Waals surface area (Å²) in [5, 5.41) is 0. The molecule has 0 N–H and O–H groups in total. The monoisotopic (exact) mass is 490 g/mol. The normalized spacial score (nSPS) is 16.4. The van der Waals surface area contributed by atoms with E-state index < -0.39 is 0 Å². The van der Waals surface area contributed by atoms with E-state index in [9.17, 15) is 14.4 Å². The quantitative estimate of drug-likeness (QED) is 0.314. The van der Waals surface area contributed by atoms with Gasteiger partial charge in [0.1, 0.15) is 11.6 Å². The molecular weight excluding hydrogens is 444 g/mol. The summed E-state index contributed by atoms with van der Waals surface area (Å²) >= 11 is 0. The summed E-state index contributed by atoms with van der Waals surface area (Å²) in [5.41, 5.74) is 6.62. The first kappa shape index (κ1) is 29.7. The van der Waals surface area contributed by atoms with Crippen LogP contribution in [0.1, 0.15) is 107 Å². The molecule has 1 aliphatic carbocycles. The van der Waals surface area contributed by atoms with E-state index in [1.807, 2.05) is 6.92 Å². The van der Waals surface area contributed by atoms with E-state index in [1.54, 1.807) is 0 Å². The molecule has 0 heterocycles. The van der Waals surface area contributed by atoms with E-state index in [0.717, 1.165) is 59.9 Å². The van der Waals surface area contributed by atoms with E-state index in [2.05, 4.69) is 71.0 Å². The van der Waals surface area contributed by atoms with Crippen molar-refractivity contribution in [1.29, 1.82) is 0 Å². The Balaban J connectivity index is 0.00000145. The van der Waals surface area contributed by atoms with Gasteiger partial charge in [0.25, 0.3) is 0 Å². The second kappa shape index (κ2) is 14.3. The minimum Gasteiger partial charge on any atom is -0.300 e. The molecule has 0 fully saturated rings. The van der Waals surface area contributed by atoms with Crippen molar-refractivity contribution in [3.63, 3.8) is 0 Å². The second-order valence-electron chi connectivity index (χ2n) is 10.7. The van der Waals surface area contributed by atoms with Crippen molar-refractivity contribution in [2.24, 2.45) is 17.8 Å². The third-order valence-corrected chi connectivity index (χ3v) is 7.32. The molecule has 0 bridgehead atoms. The lowest BCUT2D eigenvalue weighted by atomic mass is 9.71. The summed E-state index contributed by atoms with van der Waals surface area (Å²) in [4.78, 5) is 37.6. The Morgan fingerprint density at radius 2 is 1.58 bits per heavy atom. The highest BCUT2D eigenvalue weighted by atomic mass is 16.1. The van der Waals surface area contributed by atoms with Crippen molar-refractivity contribution in [2.45, 2.75) is 99.8 Å². The molecule has 0 radical (unpaired) electrons. The molecule has 196 valence electrons. The maximum absolute atomic E-state index is 13.3. The van der Waals surface area contributed by atoms with Crippen molar-refractivity contribution in [2.75, 3.05) is 0 Å². The molecule has 0 spiro atoms. The van der Waals surface area contributed by atoms with E-state index in [1.165, 1.54) is 18.9 Å². The number of fused-ring (bicyclic) bond motifs is 1. The topological polar surface area (TPSA) is 51.2 Å². The number of hydrogen-bond donors (Lipinski definition) is 0. The number of ketones is 3. The Morgan fingerprint density at radius 3 is 2.14 bits per heavy atom. The number of Topliss-reactive ketones (excluding diaryl/α,β-unsaturated/α-hetero) is 3. The average Bonchev–Trinajstić information content (AvgIpc) is 2.80. The Hall–Kier alpha value is -2.55. The van der Waals surface area contributed by atoms with Crippen molar-refractivity contribution in [3.8, 4) is 11.1 Å². The summed E-state index contributed by atoms with van der Waals surface area (Å²) in [6.07, 6.45) is 6.31. The van der Waals surface area contributed by atoms with Gasteiger partial charge in [-0.05, 0) is 74.1 Å². The van der Waals surface area contributed by atoms with Crippen LogP contribution >= 0.6 is 0 Å². The number of rotatable bonds is 10. The Morgan fingerprint density at radius 1 is 0.944 bits per heavy atom. The van der Waals surface area contributed by atoms with Gasteiger partial charge in [0.05, 0.1) is 6.42 Å². The fraction of sp³-hybridized carbons (Fsp3) is 0.545. The average molecular weight is 491 g/mol. The van der Waals surface area contributed by atoms with E-state index in [0.29, 0.717) is 6.42 Å². The highest BCUT2D eigenvalue weighted by Crippen LogP contribution is 2.38. The predicted octanol–water partition coefficient (Wildman–Crippen LogP) is 8.51. The van der Waals surface area contributed by atoms with Crippen LogP contribution in [0.5, 0.6) is 0 Å². The summed E-state index contributed by atoms with van der Waals surface area (Å²) < 4.78 is 0. The van der Waals surface area contributed by atoms with Gasteiger partial charge < -0.3 is 0 Å². The molecule has 2 aromatic carbocycles. The molecule has 1 aliphatic rings. The Bertz CT molecular complexity index is 1030. The first-order valence-corrected chi connectivity index (χ1v) is 13.9. The van der Waals surface area contributed by atoms with Crippen LogP contribution in [0.15, 0.2) is 36.4 Å². The van der Waals surface area contributed by atoms with Gasteiger partial charge in [0, 0.05) is 17.9 Å². The molecular formula is C33H46O3. The number of carbonyl (C=O) groups excluding carboxylic acids is 3. The van der Waals surface area contributed by atoms with Crippen molar-refractivity contribution < 1.29 is 14.4 Å². The molecule has 2 aromatic rings. The standard InChI is InChI=1S/C30H38O3.C3H8/c1-6-8-24(26(7-2)28(32)15-20(4)31)16-22-17-25-13-14-27(21(5)30(25)29(33)18-22)23-11-9-19(3)10-12-23;1-3-2/h9-14,22,24,26H,6-8,15-18H2,1-5H3;3H2,1-2H3. The highest BCUT2D eigenvalue weighted by molar-refractivity contribution is 6.02. The van der Waals surface area contributed by atoms with Crippen LogP contribution in [0.25, 0.3) is 11.1 Å². The first-order chi connectivity index (χ1) is 17.2. The van der Waals surface area contributed by atoms with Crippen molar-refractivity contribution in [1.82, 2.24) is 0 Å². The van der Waals surface area contributed by atoms with Crippen LogP contribution < -0.4 is 0 Å². The van der Waals surface area contributed by atoms with Gasteiger partial charge in [0.15, 0.2) is 5.78 Å². The smallest absolute Gasteiger partial charge is 0.163 e. The molecule has 3 unspecified atom stereocenters. The zero-order chi connectivity index (χ0) is 26.8. The number of aryl methyl sites for hydroxylation is 1. The summed E-state index contributed by atoms with van der Waals surface area (Å²) in [6, 6.07) is 12.8. The minimum absolute atomic E-state index is 0.0339. The predicted molar refractivity (Wildman–Crippen MR) is 151 cm³/mol. The van der Waals surface area contributed by atoms with Crippen molar-refractivity contribution in [3.05, 3.63) is 58.7 Å². The molecule has 0 aromatic heterocycles. The molecule has 0 saturated carbocycles. The summed E-state index contributed by atoms with van der Waals surface area (Å²) in [6.45, 7) is 14.1. The largest absolute Gasteiger partial charge is 0.300 e. The maximum Gasteiger partial charge on any atom is 0.163 e. The van der Waals surface area contributed by atoms with Gasteiger partial charge in [0.2, 0.25) is 0 Å². The van der Waals surface area contributed by atoms with E-state index in [4.69, 9.17) is 0 Å². The number of carbonyl (C=O) groups is 3. The van der Waals surface area contributed by atoms with Gasteiger partial charge in [-0.2, -0.15) is 0 Å². The van der Waals surface area contributed by atoms with Crippen molar-refractivity contribution >= 4 is 17.3 Å². The number of hydrogen-bond acceptors (Lipinski definition) is 3. The third-order valence-electron chi connectivity index (χ3n) is 7.32. The molecule has 0 aliphatic heterocycles. The van der Waals surface area contributed by atoms with Gasteiger partial charge in [-0.15, -0.1) is 0 Å². The maximum atomic E-state index is 13.3. The zero-order valence-electron chi connectivity index (χ0n) is 23.6. The Kier molecular flexibility index (Phi) is 11.8. The molecule has 0 saturated heterocycles. The second-order valence-corrected chi connectivity index (χ2v) is 10.7. The van der Waals surface area contributed by atoms with Crippen LogP contribution in [0.2, 0.25) is 0 Å². The fourth-order valence-electron chi connectivity index (χ4n) is 5.77. The first-order valence-electron chi connectivity index (χ1n) is 13.9. The molecule has 3 heteroatoms. The van der Waals surface area contributed by atoms with Crippen LogP contribution in [0.4, 0.5) is 0 Å². The fourth-order valence-corrected chi connectivity index (χ4v) is 5.77. The van der Waals surface area contributed by atoms with E-state index >= 15 is 0 Å². The van der Waals surface area contributed by atoms with Gasteiger partial charge in [-0.1, -0.05) is 88.9 Å². The van der Waals surface area contributed by atoms with E-state index in [-0.39, 0.29) is 41.5 Å².